The molecule has 1 aliphatic rings. The fourth-order valence-corrected chi connectivity index (χ4v) is 2.87. The van der Waals surface area contributed by atoms with Gasteiger partial charge < -0.3 is 10.6 Å². The van der Waals surface area contributed by atoms with Gasteiger partial charge >= 0.3 is 0 Å². The SMILES string of the molecule is CCCc1cc(NC2CCNC2)n2nc(C(C)(C)C)cc2n1. The Balaban J connectivity index is 2.03. The molecule has 0 bridgehead atoms. The molecule has 1 unspecified atom stereocenters. The lowest BCUT2D eigenvalue weighted by molar-refractivity contribution is 0.562. The van der Waals surface area contributed by atoms with Crippen molar-refractivity contribution in [1.82, 2.24) is 19.9 Å². The molecule has 1 aliphatic heterocycles. The Labute approximate surface area is 132 Å². The average Bonchev–Trinajstić information content (AvgIpc) is 3.07. The Morgan fingerprint density at radius 3 is 2.82 bits per heavy atom. The lowest BCUT2D eigenvalue weighted by Crippen LogP contribution is -2.24. The third-order valence-corrected chi connectivity index (χ3v) is 4.17. The molecule has 0 amide bonds. The molecule has 0 spiro atoms. The third-order valence-electron chi connectivity index (χ3n) is 4.17. The maximum atomic E-state index is 4.80. The molecular formula is C17H27N5. The number of nitrogens with one attached hydrogen (secondary N) is 2. The fourth-order valence-electron chi connectivity index (χ4n) is 2.87. The Morgan fingerprint density at radius 1 is 1.36 bits per heavy atom. The van der Waals surface area contributed by atoms with Gasteiger partial charge in [-0.1, -0.05) is 34.1 Å². The third kappa shape index (κ3) is 3.09. The maximum absolute atomic E-state index is 4.80. The van der Waals surface area contributed by atoms with Crippen molar-refractivity contribution >= 4 is 11.5 Å². The van der Waals surface area contributed by atoms with Crippen LogP contribution in [0.4, 0.5) is 5.82 Å². The largest absolute Gasteiger partial charge is 0.366 e. The summed E-state index contributed by atoms with van der Waals surface area (Å²) in [4.78, 5) is 4.78. The van der Waals surface area contributed by atoms with Gasteiger partial charge in [0.25, 0.3) is 0 Å². The van der Waals surface area contributed by atoms with Crippen LogP contribution >= 0.6 is 0 Å². The minimum atomic E-state index is 0.0325. The number of hydrogen-bond acceptors (Lipinski definition) is 4. The molecule has 5 nitrogen and oxygen atoms in total. The molecule has 0 saturated carbocycles. The van der Waals surface area contributed by atoms with E-state index in [2.05, 4.69) is 50.5 Å². The van der Waals surface area contributed by atoms with E-state index in [0.717, 1.165) is 55.2 Å². The zero-order valence-corrected chi connectivity index (χ0v) is 14.1. The molecule has 22 heavy (non-hydrogen) atoms. The zero-order chi connectivity index (χ0) is 15.7. The molecule has 120 valence electrons. The van der Waals surface area contributed by atoms with E-state index < -0.39 is 0 Å². The van der Waals surface area contributed by atoms with Crippen molar-refractivity contribution in [3.63, 3.8) is 0 Å². The maximum Gasteiger partial charge on any atom is 0.157 e. The first-order valence-corrected chi connectivity index (χ1v) is 8.35. The lowest BCUT2D eigenvalue weighted by Gasteiger charge is -2.16. The summed E-state index contributed by atoms with van der Waals surface area (Å²) in [6.07, 6.45) is 3.26. The predicted molar refractivity (Wildman–Crippen MR) is 90.6 cm³/mol. The van der Waals surface area contributed by atoms with Gasteiger partial charge in [0.15, 0.2) is 5.65 Å². The molecule has 1 fully saturated rings. The van der Waals surface area contributed by atoms with Crippen LogP contribution in [0.5, 0.6) is 0 Å². The van der Waals surface area contributed by atoms with Gasteiger partial charge in [0.2, 0.25) is 0 Å². The van der Waals surface area contributed by atoms with Gasteiger partial charge in [0, 0.05) is 35.8 Å². The number of nitrogens with zero attached hydrogens (tertiary/aromatic N) is 3. The van der Waals surface area contributed by atoms with Crippen LogP contribution in [-0.4, -0.2) is 33.7 Å². The van der Waals surface area contributed by atoms with Gasteiger partial charge in [-0.05, 0) is 19.4 Å². The number of hydrogen-bond donors (Lipinski definition) is 2. The van der Waals surface area contributed by atoms with E-state index in [9.17, 15) is 0 Å². The molecule has 2 aromatic rings. The molecule has 0 aliphatic carbocycles. The predicted octanol–water partition coefficient (Wildman–Crippen LogP) is 2.75. The van der Waals surface area contributed by atoms with E-state index >= 15 is 0 Å². The molecule has 3 rings (SSSR count). The van der Waals surface area contributed by atoms with Crippen LogP contribution in [0.2, 0.25) is 0 Å². The number of aromatic nitrogens is 3. The summed E-state index contributed by atoms with van der Waals surface area (Å²) < 4.78 is 1.97. The number of aryl methyl sites for hydroxylation is 1. The van der Waals surface area contributed by atoms with E-state index in [1.807, 2.05) is 4.52 Å². The van der Waals surface area contributed by atoms with Crippen molar-refractivity contribution < 1.29 is 0 Å². The summed E-state index contributed by atoms with van der Waals surface area (Å²) in [5, 5.41) is 11.8. The highest BCUT2D eigenvalue weighted by molar-refractivity contribution is 5.52. The van der Waals surface area contributed by atoms with Crippen molar-refractivity contribution in [2.75, 3.05) is 18.4 Å². The molecule has 0 aromatic carbocycles. The molecule has 3 heterocycles. The Morgan fingerprint density at radius 2 is 2.18 bits per heavy atom. The van der Waals surface area contributed by atoms with Gasteiger partial charge in [0.05, 0.1) is 5.69 Å². The second-order valence-electron chi connectivity index (χ2n) is 7.27. The van der Waals surface area contributed by atoms with Crippen LogP contribution in [-0.2, 0) is 11.8 Å². The van der Waals surface area contributed by atoms with Crippen LogP contribution in [0, 0.1) is 0 Å². The molecule has 1 saturated heterocycles. The second kappa shape index (κ2) is 5.88. The van der Waals surface area contributed by atoms with Gasteiger partial charge in [-0.2, -0.15) is 9.61 Å². The van der Waals surface area contributed by atoms with Gasteiger partial charge in [-0.25, -0.2) is 4.98 Å². The Bertz CT molecular complexity index is 647. The summed E-state index contributed by atoms with van der Waals surface area (Å²) in [6.45, 7) is 10.9. The molecular weight excluding hydrogens is 274 g/mol. The zero-order valence-electron chi connectivity index (χ0n) is 14.1. The van der Waals surface area contributed by atoms with Gasteiger partial charge in [-0.3, -0.25) is 0 Å². The summed E-state index contributed by atoms with van der Waals surface area (Å²) >= 11 is 0. The summed E-state index contributed by atoms with van der Waals surface area (Å²) in [5.74, 6) is 1.07. The number of anilines is 1. The molecule has 2 N–H and O–H groups in total. The standard InChI is InChI=1S/C17H27N5/c1-5-6-12-9-15(20-13-7-8-18-11-13)22-16(19-12)10-14(21-22)17(2,3)4/h9-10,13,18,20H,5-8,11H2,1-4H3. The lowest BCUT2D eigenvalue weighted by atomic mass is 9.93. The first-order valence-electron chi connectivity index (χ1n) is 8.35. The number of fused-ring (bicyclic) bond motifs is 1. The highest BCUT2D eigenvalue weighted by Crippen LogP contribution is 2.24. The molecule has 2 aromatic heterocycles. The Hall–Kier alpha value is -1.62. The first-order chi connectivity index (χ1) is 10.5. The quantitative estimate of drug-likeness (QED) is 0.912. The second-order valence-corrected chi connectivity index (χ2v) is 7.27. The minimum absolute atomic E-state index is 0.0325. The van der Waals surface area contributed by atoms with Crippen LogP contribution < -0.4 is 10.6 Å². The average molecular weight is 301 g/mol. The monoisotopic (exact) mass is 301 g/mol. The topological polar surface area (TPSA) is 54.2 Å². The van der Waals surface area contributed by atoms with Crippen LogP contribution in [0.1, 0.15) is 51.9 Å². The molecule has 0 radical (unpaired) electrons. The van der Waals surface area contributed by atoms with Crippen molar-refractivity contribution in [2.24, 2.45) is 0 Å². The normalized spacial score (nSPS) is 19.0. The highest BCUT2D eigenvalue weighted by atomic mass is 15.3. The van der Waals surface area contributed by atoms with E-state index in [4.69, 9.17) is 10.1 Å². The van der Waals surface area contributed by atoms with Crippen molar-refractivity contribution in [3.8, 4) is 0 Å². The van der Waals surface area contributed by atoms with Crippen molar-refractivity contribution in [3.05, 3.63) is 23.5 Å². The minimum Gasteiger partial charge on any atom is -0.366 e. The van der Waals surface area contributed by atoms with Gasteiger partial charge in [-0.15, -0.1) is 0 Å². The van der Waals surface area contributed by atoms with E-state index in [1.165, 1.54) is 0 Å². The smallest absolute Gasteiger partial charge is 0.157 e. The molecule has 5 heteroatoms. The Kier molecular flexibility index (Phi) is 4.08. The van der Waals surface area contributed by atoms with Crippen LogP contribution in [0.25, 0.3) is 5.65 Å². The molecule has 1 atom stereocenters. The van der Waals surface area contributed by atoms with E-state index in [0.29, 0.717) is 6.04 Å². The van der Waals surface area contributed by atoms with E-state index in [1.54, 1.807) is 0 Å². The first kappa shape index (κ1) is 15.3. The highest BCUT2D eigenvalue weighted by Gasteiger charge is 2.21. The van der Waals surface area contributed by atoms with Gasteiger partial charge in [0.1, 0.15) is 5.82 Å². The number of rotatable bonds is 4. The van der Waals surface area contributed by atoms with Crippen LogP contribution in [0.15, 0.2) is 12.1 Å². The summed E-state index contributed by atoms with van der Waals surface area (Å²) in [5.41, 5.74) is 3.21. The van der Waals surface area contributed by atoms with Crippen molar-refractivity contribution in [2.45, 2.75) is 58.4 Å². The van der Waals surface area contributed by atoms with Crippen LogP contribution in [0.3, 0.4) is 0 Å². The van der Waals surface area contributed by atoms with Crippen molar-refractivity contribution in [1.29, 1.82) is 0 Å². The summed E-state index contributed by atoms with van der Waals surface area (Å²) in [6, 6.07) is 4.76. The summed E-state index contributed by atoms with van der Waals surface area (Å²) in [7, 11) is 0. The van der Waals surface area contributed by atoms with E-state index in [-0.39, 0.29) is 5.41 Å². The fraction of sp³-hybridized carbons (Fsp3) is 0.647.